The highest BCUT2D eigenvalue weighted by Gasteiger charge is 2.34. The fourth-order valence-electron chi connectivity index (χ4n) is 6.07. The predicted octanol–water partition coefficient (Wildman–Crippen LogP) is 9.19. The first-order valence-electron chi connectivity index (χ1n) is 15.7. The Kier molecular flexibility index (Phi) is 10.3. The molecular formula is C37H50N2O2. The molecule has 4 nitrogen and oxygen atoms in total. The van der Waals surface area contributed by atoms with E-state index in [1.54, 1.807) is 0 Å². The first-order valence-corrected chi connectivity index (χ1v) is 15.7. The molecule has 2 aromatic carbocycles. The van der Waals surface area contributed by atoms with Gasteiger partial charge < -0.3 is 9.80 Å². The van der Waals surface area contributed by atoms with Crippen LogP contribution in [0.1, 0.15) is 97.5 Å². The number of anilines is 2. The second kappa shape index (κ2) is 13.7. The van der Waals surface area contributed by atoms with Crippen LogP contribution in [0.5, 0.6) is 0 Å². The second-order valence-electron chi connectivity index (χ2n) is 13.4. The van der Waals surface area contributed by atoms with Crippen LogP contribution < -0.4 is 9.80 Å². The molecule has 41 heavy (non-hydrogen) atoms. The molecule has 0 spiro atoms. The first kappa shape index (κ1) is 30.8. The molecule has 0 aliphatic carbocycles. The maximum absolute atomic E-state index is 13.2. The zero-order valence-corrected chi connectivity index (χ0v) is 26.0. The standard InChI is InChI=1S/C37H50N2O2/c1-29-19-21-31(22-20-29)39-26-24-37(4,5)33(28-39)35(41)18-14-9-7-6-8-13-17-34(40)32-27-38(25-23-36(32,2)3)30-15-11-10-12-16-30/h10-12,15-16,19-22,27-28H,6-9,13-14,17-18,23-26H2,1-5H3. The molecule has 0 fully saturated rings. The van der Waals surface area contributed by atoms with E-state index in [0.717, 1.165) is 87.0 Å². The summed E-state index contributed by atoms with van der Waals surface area (Å²) in [5.41, 5.74) is 5.34. The van der Waals surface area contributed by atoms with Gasteiger partial charge in [-0.25, -0.2) is 0 Å². The molecule has 0 bridgehead atoms. The zero-order chi connectivity index (χ0) is 29.5. The Balaban J connectivity index is 1.18. The van der Waals surface area contributed by atoms with Crippen molar-refractivity contribution in [2.24, 2.45) is 10.8 Å². The van der Waals surface area contributed by atoms with E-state index in [-0.39, 0.29) is 10.8 Å². The lowest BCUT2D eigenvalue weighted by Crippen LogP contribution is -2.35. The molecule has 0 atom stereocenters. The van der Waals surface area contributed by atoms with Crippen molar-refractivity contribution in [1.82, 2.24) is 0 Å². The van der Waals surface area contributed by atoms with Crippen molar-refractivity contribution in [3.8, 4) is 0 Å². The molecule has 0 saturated carbocycles. The van der Waals surface area contributed by atoms with Crippen LogP contribution in [-0.2, 0) is 9.59 Å². The fraction of sp³-hybridized carbons (Fsp3) is 0.514. The molecule has 0 unspecified atom stereocenters. The van der Waals surface area contributed by atoms with Gasteiger partial charge in [0, 0.05) is 60.9 Å². The number of carbonyl (C=O) groups excluding carboxylic acids is 2. The van der Waals surface area contributed by atoms with Crippen molar-refractivity contribution >= 4 is 22.9 Å². The van der Waals surface area contributed by atoms with Gasteiger partial charge >= 0.3 is 0 Å². The number of aryl methyl sites for hydroxylation is 1. The summed E-state index contributed by atoms with van der Waals surface area (Å²) in [6.07, 6.45) is 13.7. The number of nitrogens with zero attached hydrogens (tertiary/aromatic N) is 2. The Morgan fingerprint density at radius 3 is 1.49 bits per heavy atom. The van der Waals surface area contributed by atoms with Gasteiger partial charge in [-0.15, -0.1) is 0 Å². The Hall–Kier alpha value is -3.14. The van der Waals surface area contributed by atoms with E-state index in [1.165, 1.54) is 5.56 Å². The molecule has 2 aliphatic rings. The highest BCUT2D eigenvalue weighted by molar-refractivity contribution is 5.97. The van der Waals surface area contributed by atoms with Crippen molar-refractivity contribution in [3.05, 3.63) is 83.7 Å². The van der Waals surface area contributed by atoms with Gasteiger partial charge in [-0.1, -0.05) is 89.3 Å². The maximum atomic E-state index is 13.2. The van der Waals surface area contributed by atoms with E-state index in [4.69, 9.17) is 0 Å². The van der Waals surface area contributed by atoms with Gasteiger partial charge in [0.2, 0.25) is 0 Å². The summed E-state index contributed by atoms with van der Waals surface area (Å²) < 4.78 is 0. The number of para-hydroxylation sites is 1. The van der Waals surface area contributed by atoms with Crippen LogP contribution in [0.2, 0.25) is 0 Å². The van der Waals surface area contributed by atoms with E-state index in [0.29, 0.717) is 24.4 Å². The minimum Gasteiger partial charge on any atom is -0.348 e. The third-order valence-electron chi connectivity index (χ3n) is 9.10. The van der Waals surface area contributed by atoms with Crippen LogP contribution >= 0.6 is 0 Å². The number of rotatable bonds is 13. The van der Waals surface area contributed by atoms with E-state index in [2.05, 4.69) is 105 Å². The Morgan fingerprint density at radius 2 is 1.02 bits per heavy atom. The minimum atomic E-state index is -0.0781. The number of hydrogen-bond donors (Lipinski definition) is 0. The van der Waals surface area contributed by atoms with E-state index in [9.17, 15) is 9.59 Å². The average Bonchev–Trinajstić information content (AvgIpc) is 2.95. The van der Waals surface area contributed by atoms with Crippen LogP contribution in [-0.4, -0.2) is 24.7 Å². The first-order chi connectivity index (χ1) is 19.6. The number of allylic oxidation sites excluding steroid dienone is 2. The van der Waals surface area contributed by atoms with Gasteiger partial charge in [-0.2, -0.15) is 0 Å². The molecule has 4 rings (SSSR count). The SMILES string of the molecule is Cc1ccc(N2C=C(C(=O)CCCCCCCCC(=O)C3=CN(c4ccccc4)CCC3(C)C)C(C)(C)CC2)cc1. The summed E-state index contributed by atoms with van der Waals surface area (Å²) in [7, 11) is 0. The summed E-state index contributed by atoms with van der Waals surface area (Å²) in [5.74, 6) is 0.592. The largest absolute Gasteiger partial charge is 0.348 e. The number of unbranched alkanes of at least 4 members (excludes halogenated alkanes) is 5. The smallest absolute Gasteiger partial charge is 0.160 e. The van der Waals surface area contributed by atoms with Crippen LogP contribution in [0, 0.1) is 17.8 Å². The second-order valence-corrected chi connectivity index (χ2v) is 13.4. The minimum absolute atomic E-state index is 0.0750. The normalized spacial score (nSPS) is 18.1. The van der Waals surface area contributed by atoms with Crippen molar-refractivity contribution in [3.63, 3.8) is 0 Å². The van der Waals surface area contributed by atoms with E-state index < -0.39 is 0 Å². The van der Waals surface area contributed by atoms with Crippen LogP contribution in [0.25, 0.3) is 0 Å². The molecule has 0 radical (unpaired) electrons. The summed E-state index contributed by atoms with van der Waals surface area (Å²) in [5, 5.41) is 0. The van der Waals surface area contributed by atoms with Gasteiger partial charge in [0.1, 0.15) is 0 Å². The van der Waals surface area contributed by atoms with Crippen molar-refractivity contribution < 1.29 is 9.59 Å². The number of ketones is 2. The summed E-state index contributed by atoms with van der Waals surface area (Å²) in [4.78, 5) is 30.9. The topological polar surface area (TPSA) is 40.6 Å². The zero-order valence-electron chi connectivity index (χ0n) is 26.0. The van der Waals surface area contributed by atoms with Gasteiger partial charge in [-0.05, 0) is 67.7 Å². The Morgan fingerprint density at radius 1 is 0.610 bits per heavy atom. The highest BCUT2D eigenvalue weighted by atomic mass is 16.1. The van der Waals surface area contributed by atoms with Crippen molar-refractivity contribution in [2.45, 2.75) is 98.8 Å². The quantitative estimate of drug-likeness (QED) is 0.231. The molecule has 0 saturated heterocycles. The fourth-order valence-corrected chi connectivity index (χ4v) is 6.07. The lowest BCUT2D eigenvalue weighted by atomic mass is 9.76. The van der Waals surface area contributed by atoms with Gasteiger partial charge in [0.25, 0.3) is 0 Å². The summed E-state index contributed by atoms with van der Waals surface area (Å²) >= 11 is 0. The van der Waals surface area contributed by atoms with Crippen LogP contribution in [0.15, 0.2) is 78.1 Å². The molecule has 0 amide bonds. The molecular weight excluding hydrogens is 504 g/mol. The number of carbonyl (C=O) groups is 2. The molecule has 220 valence electrons. The Bertz CT molecular complexity index is 1240. The van der Waals surface area contributed by atoms with Crippen molar-refractivity contribution in [1.29, 1.82) is 0 Å². The summed E-state index contributed by atoms with van der Waals surface area (Å²) in [6, 6.07) is 18.9. The van der Waals surface area contributed by atoms with Gasteiger partial charge in [-0.3, -0.25) is 9.59 Å². The molecule has 0 aromatic heterocycles. The molecule has 0 N–H and O–H groups in total. The highest BCUT2D eigenvalue weighted by Crippen LogP contribution is 2.39. The molecule has 4 heteroatoms. The predicted molar refractivity (Wildman–Crippen MR) is 172 cm³/mol. The summed E-state index contributed by atoms with van der Waals surface area (Å²) in [6.45, 7) is 12.8. The van der Waals surface area contributed by atoms with Crippen molar-refractivity contribution in [2.75, 3.05) is 22.9 Å². The van der Waals surface area contributed by atoms with Crippen LogP contribution in [0.4, 0.5) is 11.4 Å². The molecule has 2 aromatic rings. The average molecular weight is 555 g/mol. The van der Waals surface area contributed by atoms with E-state index >= 15 is 0 Å². The maximum Gasteiger partial charge on any atom is 0.160 e. The Labute approximate surface area is 248 Å². The number of hydrogen-bond acceptors (Lipinski definition) is 4. The molecule has 2 aliphatic heterocycles. The third kappa shape index (κ3) is 8.21. The lowest BCUT2D eigenvalue weighted by molar-refractivity contribution is -0.117. The molecule has 2 heterocycles. The monoisotopic (exact) mass is 554 g/mol. The number of Topliss-reactive ketones (excluding diaryl/α,β-unsaturated/α-hetero) is 2. The lowest BCUT2D eigenvalue weighted by Gasteiger charge is -2.37. The van der Waals surface area contributed by atoms with E-state index in [1.807, 2.05) is 6.07 Å². The number of benzene rings is 2. The van der Waals surface area contributed by atoms with Gasteiger partial charge in [0.05, 0.1) is 0 Å². The third-order valence-corrected chi connectivity index (χ3v) is 9.10. The van der Waals surface area contributed by atoms with Gasteiger partial charge in [0.15, 0.2) is 11.6 Å². The van der Waals surface area contributed by atoms with Crippen LogP contribution in [0.3, 0.4) is 0 Å².